The minimum atomic E-state index is 0.848. The molecule has 0 aliphatic rings. The molecule has 0 saturated carbocycles. The molecule has 0 radical (unpaired) electrons. The van der Waals surface area contributed by atoms with E-state index in [9.17, 15) is 0 Å². The first-order chi connectivity index (χ1) is 9.33. The second-order valence-electron chi connectivity index (χ2n) is 4.42. The summed E-state index contributed by atoms with van der Waals surface area (Å²) in [6.45, 7) is 1.06. The van der Waals surface area contributed by atoms with Crippen LogP contribution in [0, 0.1) is 0 Å². The van der Waals surface area contributed by atoms with Gasteiger partial charge in [0.15, 0.2) is 0 Å². The molecule has 0 amide bonds. The molecule has 1 heterocycles. The van der Waals surface area contributed by atoms with Crippen molar-refractivity contribution in [1.82, 2.24) is 10.3 Å². The Morgan fingerprint density at radius 3 is 2.95 bits per heavy atom. The van der Waals surface area contributed by atoms with E-state index < -0.39 is 0 Å². The normalized spacial score (nSPS) is 10.6. The number of benzene rings is 1. The van der Waals surface area contributed by atoms with Gasteiger partial charge in [-0.15, -0.1) is 11.3 Å². The van der Waals surface area contributed by atoms with Crippen LogP contribution >= 0.6 is 11.3 Å². The summed E-state index contributed by atoms with van der Waals surface area (Å²) in [5, 5.41) is 4.32. The van der Waals surface area contributed by atoms with E-state index in [1.54, 1.807) is 18.4 Å². The maximum Gasteiger partial charge on any atom is 0.122 e. The van der Waals surface area contributed by atoms with Gasteiger partial charge in [0, 0.05) is 23.1 Å². The number of thiazole rings is 1. The van der Waals surface area contributed by atoms with Crippen molar-refractivity contribution in [2.75, 3.05) is 20.7 Å². The van der Waals surface area contributed by atoms with Gasteiger partial charge in [-0.1, -0.05) is 18.2 Å². The Morgan fingerprint density at radius 1 is 1.32 bits per heavy atom. The van der Waals surface area contributed by atoms with E-state index in [4.69, 9.17) is 4.74 Å². The standard InChI is InChI=1S/C15H20N2OS/c1-16-9-5-7-13-11-17-15(19-13)10-12-6-3-4-8-14(12)18-2/h3-4,6,8,11,16H,5,7,9-10H2,1-2H3. The molecular weight excluding hydrogens is 256 g/mol. The highest BCUT2D eigenvalue weighted by atomic mass is 32.1. The van der Waals surface area contributed by atoms with Crippen molar-refractivity contribution in [3.8, 4) is 5.75 Å². The molecule has 0 fully saturated rings. The van der Waals surface area contributed by atoms with Crippen LogP contribution in [0.25, 0.3) is 0 Å². The van der Waals surface area contributed by atoms with Crippen LogP contribution in [-0.4, -0.2) is 25.7 Å². The molecule has 3 nitrogen and oxygen atoms in total. The van der Waals surface area contributed by atoms with Crippen molar-refractivity contribution in [3.63, 3.8) is 0 Å². The first-order valence-electron chi connectivity index (χ1n) is 6.53. The number of rotatable bonds is 7. The number of nitrogens with one attached hydrogen (secondary N) is 1. The highest BCUT2D eigenvalue weighted by Gasteiger charge is 2.07. The van der Waals surface area contributed by atoms with Crippen LogP contribution in [0.1, 0.15) is 21.9 Å². The second-order valence-corrected chi connectivity index (χ2v) is 5.62. The maximum atomic E-state index is 5.37. The third-order valence-corrected chi connectivity index (χ3v) is 4.04. The van der Waals surface area contributed by atoms with Gasteiger partial charge < -0.3 is 10.1 Å². The average molecular weight is 276 g/mol. The summed E-state index contributed by atoms with van der Waals surface area (Å²) >= 11 is 1.80. The largest absolute Gasteiger partial charge is 0.496 e. The van der Waals surface area contributed by atoms with Crippen molar-refractivity contribution in [2.45, 2.75) is 19.3 Å². The average Bonchev–Trinajstić information content (AvgIpc) is 2.87. The van der Waals surface area contributed by atoms with E-state index in [-0.39, 0.29) is 0 Å². The van der Waals surface area contributed by atoms with Gasteiger partial charge in [0.2, 0.25) is 0 Å². The molecule has 0 aliphatic heterocycles. The molecule has 0 bridgehead atoms. The third-order valence-electron chi connectivity index (χ3n) is 2.99. The molecule has 2 aromatic rings. The van der Waals surface area contributed by atoms with Crippen molar-refractivity contribution < 1.29 is 4.74 Å². The lowest BCUT2D eigenvalue weighted by Crippen LogP contribution is -2.07. The monoisotopic (exact) mass is 276 g/mol. The number of ether oxygens (including phenoxy) is 1. The van der Waals surface area contributed by atoms with Crippen LogP contribution in [0.3, 0.4) is 0 Å². The Kier molecular flexibility index (Phi) is 5.36. The molecule has 1 aromatic carbocycles. The zero-order valence-corrected chi connectivity index (χ0v) is 12.3. The number of hydrogen-bond donors (Lipinski definition) is 1. The number of methoxy groups -OCH3 is 1. The molecule has 0 unspecified atom stereocenters. The van der Waals surface area contributed by atoms with Gasteiger partial charge in [-0.05, 0) is 32.5 Å². The van der Waals surface area contributed by atoms with Crippen LogP contribution in [0.2, 0.25) is 0 Å². The topological polar surface area (TPSA) is 34.2 Å². The number of aryl methyl sites for hydroxylation is 1. The summed E-state index contributed by atoms with van der Waals surface area (Å²) in [6.07, 6.45) is 5.11. The number of nitrogens with zero attached hydrogens (tertiary/aromatic N) is 1. The Morgan fingerprint density at radius 2 is 2.16 bits per heavy atom. The van der Waals surface area contributed by atoms with Gasteiger partial charge in [0.05, 0.1) is 12.1 Å². The zero-order valence-electron chi connectivity index (χ0n) is 11.5. The molecule has 4 heteroatoms. The molecule has 0 aliphatic carbocycles. The van der Waals surface area contributed by atoms with Crippen LogP contribution < -0.4 is 10.1 Å². The molecule has 0 atom stereocenters. The second kappa shape index (κ2) is 7.26. The van der Waals surface area contributed by atoms with Gasteiger partial charge in [-0.2, -0.15) is 0 Å². The Labute approximate surface area is 118 Å². The number of para-hydroxylation sites is 1. The van der Waals surface area contributed by atoms with Gasteiger partial charge in [0.1, 0.15) is 5.75 Å². The lowest BCUT2D eigenvalue weighted by Gasteiger charge is -2.05. The van der Waals surface area contributed by atoms with E-state index in [1.807, 2.05) is 31.4 Å². The Balaban J connectivity index is 1.99. The van der Waals surface area contributed by atoms with Gasteiger partial charge in [-0.3, -0.25) is 0 Å². The Bertz CT molecular complexity index is 510. The lowest BCUT2D eigenvalue weighted by molar-refractivity contribution is 0.410. The lowest BCUT2D eigenvalue weighted by atomic mass is 10.1. The van der Waals surface area contributed by atoms with E-state index in [0.717, 1.165) is 36.6 Å². The SMILES string of the molecule is CNCCCc1cnc(Cc2ccccc2OC)s1. The first-order valence-corrected chi connectivity index (χ1v) is 7.35. The van der Waals surface area contributed by atoms with E-state index >= 15 is 0 Å². The maximum absolute atomic E-state index is 5.37. The smallest absolute Gasteiger partial charge is 0.122 e. The zero-order chi connectivity index (χ0) is 13.5. The van der Waals surface area contributed by atoms with Crippen LogP contribution in [0.15, 0.2) is 30.5 Å². The molecule has 19 heavy (non-hydrogen) atoms. The predicted octanol–water partition coefficient (Wildman–Crippen LogP) is 2.89. The van der Waals surface area contributed by atoms with Crippen molar-refractivity contribution >= 4 is 11.3 Å². The third kappa shape index (κ3) is 4.04. The summed E-state index contributed by atoms with van der Waals surface area (Å²) in [5.41, 5.74) is 1.20. The number of hydrogen-bond acceptors (Lipinski definition) is 4. The van der Waals surface area contributed by atoms with Crippen LogP contribution in [0.5, 0.6) is 5.75 Å². The molecule has 1 N–H and O–H groups in total. The van der Waals surface area contributed by atoms with Gasteiger partial charge >= 0.3 is 0 Å². The molecule has 0 spiro atoms. The first kappa shape index (κ1) is 14.0. The van der Waals surface area contributed by atoms with E-state index in [1.165, 1.54) is 10.4 Å². The van der Waals surface area contributed by atoms with Crippen molar-refractivity contribution in [3.05, 3.63) is 45.9 Å². The predicted molar refractivity (Wildman–Crippen MR) is 80.2 cm³/mol. The highest BCUT2D eigenvalue weighted by Crippen LogP contribution is 2.23. The van der Waals surface area contributed by atoms with Crippen molar-refractivity contribution in [2.24, 2.45) is 0 Å². The summed E-state index contributed by atoms with van der Waals surface area (Å²) in [7, 11) is 3.70. The number of aromatic nitrogens is 1. The van der Waals surface area contributed by atoms with E-state index in [0.29, 0.717) is 0 Å². The van der Waals surface area contributed by atoms with Crippen molar-refractivity contribution in [1.29, 1.82) is 0 Å². The summed E-state index contributed by atoms with van der Waals surface area (Å²) in [4.78, 5) is 5.87. The van der Waals surface area contributed by atoms with Gasteiger partial charge in [0.25, 0.3) is 0 Å². The molecule has 0 saturated heterocycles. The van der Waals surface area contributed by atoms with Crippen LogP contribution in [0.4, 0.5) is 0 Å². The molecular formula is C15H20N2OS. The molecule has 2 rings (SSSR count). The molecule has 102 valence electrons. The summed E-state index contributed by atoms with van der Waals surface area (Å²) in [5.74, 6) is 0.939. The summed E-state index contributed by atoms with van der Waals surface area (Å²) in [6, 6.07) is 8.13. The van der Waals surface area contributed by atoms with Crippen LogP contribution in [-0.2, 0) is 12.8 Å². The highest BCUT2D eigenvalue weighted by molar-refractivity contribution is 7.11. The fourth-order valence-electron chi connectivity index (χ4n) is 2.00. The van der Waals surface area contributed by atoms with Gasteiger partial charge in [-0.25, -0.2) is 4.98 Å². The molecule has 1 aromatic heterocycles. The minimum absolute atomic E-state index is 0.848. The fraction of sp³-hybridized carbons (Fsp3) is 0.400. The summed E-state index contributed by atoms with van der Waals surface area (Å²) < 4.78 is 5.37. The Hall–Kier alpha value is -1.39. The van der Waals surface area contributed by atoms with E-state index in [2.05, 4.69) is 16.4 Å². The fourth-order valence-corrected chi connectivity index (χ4v) is 2.98. The quantitative estimate of drug-likeness (QED) is 0.790. The minimum Gasteiger partial charge on any atom is -0.496 e.